The molecule has 2 aromatic carbocycles. The minimum atomic E-state index is -0.475. The summed E-state index contributed by atoms with van der Waals surface area (Å²) in [5.41, 5.74) is 0.758. The van der Waals surface area contributed by atoms with E-state index < -0.39 is 17.5 Å². The molecule has 7 heteroatoms. The van der Waals surface area contributed by atoms with Crippen LogP contribution in [0.3, 0.4) is 0 Å². The Morgan fingerprint density at radius 1 is 1.16 bits per heavy atom. The van der Waals surface area contributed by atoms with Gasteiger partial charge in [-0.3, -0.25) is 4.79 Å². The number of benzene rings is 2. The fourth-order valence-corrected chi connectivity index (χ4v) is 3.36. The number of amides is 1. The van der Waals surface area contributed by atoms with Crippen LogP contribution in [-0.4, -0.2) is 22.8 Å². The van der Waals surface area contributed by atoms with Crippen molar-refractivity contribution in [1.82, 2.24) is 9.88 Å². The molecule has 0 N–H and O–H groups in total. The molecule has 1 amide bonds. The second-order valence-electron chi connectivity index (χ2n) is 5.38. The molecule has 0 bridgehead atoms. The first kappa shape index (κ1) is 17.5. The van der Waals surface area contributed by atoms with Crippen LogP contribution in [0.5, 0.6) is 0 Å². The van der Waals surface area contributed by atoms with Crippen molar-refractivity contribution >= 4 is 28.8 Å². The van der Waals surface area contributed by atoms with E-state index in [2.05, 4.69) is 4.98 Å². The Morgan fingerprint density at radius 3 is 2.60 bits per heavy atom. The van der Waals surface area contributed by atoms with Gasteiger partial charge in [0.05, 0.1) is 6.54 Å². The van der Waals surface area contributed by atoms with E-state index in [4.69, 9.17) is 11.6 Å². The van der Waals surface area contributed by atoms with E-state index in [0.29, 0.717) is 10.6 Å². The largest absolute Gasteiger partial charge is 0.336 e. The highest BCUT2D eigenvalue weighted by atomic mass is 35.5. The SMILES string of the molecule is CN(Cc1c(F)cccc1Cl)C(=O)c1csc(-c2ccccc2F)n1. The Hall–Kier alpha value is -2.31. The highest BCUT2D eigenvalue weighted by molar-refractivity contribution is 7.13. The maximum atomic E-state index is 13.9. The van der Waals surface area contributed by atoms with Gasteiger partial charge in [0.1, 0.15) is 22.3 Å². The maximum absolute atomic E-state index is 13.9. The van der Waals surface area contributed by atoms with Gasteiger partial charge in [-0.25, -0.2) is 13.8 Å². The van der Waals surface area contributed by atoms with Crippen LogP contribution in [0.15, 0.2) is 47.8 Å². The number of carbonyl (C=O) groups is 1. The molecule has 0 atom stereocenters. The third-order valence-corrected chi connectivity index (χ3v) is 4.86. The highest BCUT2D eigenvalue weighted by Gasteiger charge is 2.19. The molecule has 1 heterocycles. The molecule has 0 aliphatic carbocycles. The Kier molecular flexibility index (Phi) is 5.11. The van der Waals surface area contributed by atoms with Crippen LogP contribution in [0, 0.1) is 11.6 Å². The van der Waals surface area contributed by atoms with Crippen LogP contribution < -0.4 is 0 Å². The van der Waals surface area contributed by atoms with Crippen molar-refractivity contribution in [3.05, 3.63) is 75.8 Å². The van der Waals surface area contributed by atoms with Crippen molar-refractivity contribution in [1.29, 1.82) is 0 Å². The fourth-order valence-electron chi connectivity index (χ4n) is 2.32. The number of hydrogen-bond donors (Lipinski definition) is 0. The number of hydrogen-bond acceptors (Lipinski definition) is 3. The van der Waals surface area contributed by atoms with E-state index in [-0.39, 0.29) is 22.8 Å². The van der Waals surface area contributed by atoms with Gasteiger partial charge in [-0.1, -0.05) is 29.8 Å². The molecule has 3 nitrogen and oxygen atoms in total. The zero-order chi connectivity index (χ0) is 18.0. The van der Waals surface area contributed by atoms with Gasteiger partial charge in [-0.15, -0.1) is 11.3 Å². The second-order valence-corrected chi connectivity index (χ2v) is 6.64. The molecule has 0 aliphatic heterocycles. The molecule has 3 rings (SSSR count). The van der Waals surface area contributed by atoms with Crippen LogP contribution >= 0.6 is 22.9 Å². The number of nitrogens with zero attached hydrogens (tertiary/aromatic N) is 2. The predicted molar refractivity (Wildman–Crippen MR) is 94.7 cm³/mol. The Bertz CT molecular complexity index is 909. The summed E-state index contributed by atoms with van der Waals surface area (Å²) in [4.78, 5) is 18.0. The second kappa shape index (κ2) is 7.29. The molecule has 0 unspecified atom stereocenters. The van der Waals surface area contributed by atoms with E-state index in [1.807, 2.05) is 0 Å². The van der Waals surface area contributed by atoms with Gasteiger partial charge in [-0.2, -0.15) is 0 Å². The van der Waals surface area contributed by atoms with Crippen LogP contribution in [0.2, 0.25) is 5.02 Å². The number of rotatable bonds is 4. The normalized spacial score (nSPS) is 10.7. The van der Waals surface area contributed by atoms with Gasteiger partial charge < -0.3 is 4.90 Å². The fraction of sp³-hybridized carbons (Fsp3) is 0.111. The van der Waals surface area contributed by atoms with E-state index in [0.717, 1.165) is 0 Å². The van der Waals surface area contributed by atoms with Crippen molar-refractivity contribution in [2.75, 3.05) is 7.05 Å². The van der Waals surface area contributed by atoms with E-state index >= 15 is 0 Å². The van der Waals surface area contributed by atoms with Crippen molar-refractivity contribution < 1.29 is 13.6 Å². The van der Waals surface area contributed by atoms with Gasteiger partial charge >= 0.3 is 0 Å². The smallest absolute Gasteiger partial charge is 0.273 e. The maximum Gasteiger partial charge on any atom is 0.273 e. The first-order valence-corrected chi connectivity index (χ1v) is 8.62. The van der Waals surface area contributed by atoms with Crippen LogP contribution in [-0.2, 0) is 6.54 Å². The van der Waals surface area contributed by atoms with Crippen molar-refractivity contribution in [2.45, 2.75) is 6.54 Å². The van der Waals surface area contributed by atoms with Crippen LogP contribution in [0.25, 0.3) is 10.6 Å². The topological polar surface area (TPSA) is 33.2 Å². The molecule has 0 radical (unpaired) electrons. The number of halogens is 3. The summed E-state index contributed by atoms with van der Waals surface area (Å²) >= 11 is 7.17. The number of thiazole rings is 1. The molecular weight excluding hydrogens is 366 g/mol. The lowest BCUT2D eigenvalue weighted by atomic mass is 10.2. The number of carbonyl (C=O) groups excluding carboxylic acids is 1. The minimum Gasteiger partial charge on any atom is -0.336 e. The predicted octanol–water partition coefficient (Wildman–Crippen LogP) is 5.01. The zero-order valence-electron chi connectivity index (χ0n) is 13.2. The summed E-state index contributed by atoms with van der Waals surface area (Å²) < 4.78 is 27.7. The summed E-state index contributed by atoms with van der Waals surface area (Å²) in [7, 11) is 1.53. The highest BCUT2D eigenvalue weighted by Crippen LogP contribution is 2.27. The third-order valence-electron chi connectivity index (χ3n) is 3.63. The molecule has 0 aliphatic rings. The lowest BCUT2D eigenvalue weighted by Gasteiger charge is -2.17. The van der Waals surface area contributed by atoms with Crippen molar-refractivity contribution in [2.24, 2.45) is 0 Å². The summed E-state index contributed by atoms with van der Waals surface area (Å²) in [5, 5.41) is 2.23. The van der Waals surface area contributed by atoms with Crippen molar-refractivity contribution in [3.63, 3.8) is 0 Å². The summed E-state index contributed by atoms with van der Waals surface area (Å²) in [6.45, 7) is 0.0108. The monoisotopic (exact) mass is 378 g/mol. The van der Waals surface area contributed by atoms with Gasteiger partial charge in [0.25, 0.3) is 5.91 Å². The summed E-state index contributed by atoms with van der Waals surface area (Å²) in [6.07, 6.45) is 0. The van der Waals surface area contributed by atoms with E-state index in [1.54, 1.807) is 29.6 Å². The van der Waals surface area contributed by atoms with Gasteiger partial charge in [0.15, 0.2) is 0 Å². The lowest BCUT2D eigenvalue weighted by molar-refractivity contribution is 0.0779. The quantitative estimate of drug-likeness (QED) is 0.639. The first-order chi connectivity index (χ1) is 12.0. The van der Waals surface area contributed by atoms with Crippen molar-refractivity contribution in [3.8, 4) is 10.6 Å². The average Bonchev–Trinajstić information content (AvgIpc) is 3.07. The molecule has 1 aromatic heterocycles. The molecule has 0 saturated heterocycles. The van der Waals surface area contributed by atoms with Gasteiger partial charge in [-0.05, 0) is 24.3 Å². The minimum absolute atomic E-state index is 0.0108. The van der Waals surface area contributed by atoms with Crippen LogP contribution in [0.1, 0.15) is 16.1 Å². The molecular formula is C18H13ClF2N2OS. The van der Waals surface area contributed by atoms with Gasteiger partial charge in [0.2, 0.25) is 0 Å². The first-order valence-electron chi connectivity index (χ1n) is 7.36. The summed E-state index contributed by atoms with van der Waals surface area (Å²) in [6, 6.07) is 10.6. The Labute approximate surface area is 152 Å². The molecule has 25 heavy (non-hydrogen) atoms. The Balaban J connectivity index is 1.81. The van der Waals surface area contributed by atoms with E-state index in [1.165, 1.54) is 41.5 Å². The molecule has 0 saturated carbocycles. The van der Waals surface area contributed by atoms with Gasteiger partial charge in [0, 0.05) is 28.6 Å². The standard InChI is InChI=1S/C18H13ClF2N2OS/c1-23(9-12-13(19)6-4-8-15(12)21)18(24)16-10-25-17(22-16)11-5-2-3-7-14(11)20/h2-8,10H,9H2,1H3. The summed E-state index contributed by atoms with van der Waals surface area (Å²) in [5.74, 6) is -1.27. The molecule has 3 aromatic rings. The third kappa shape index (κ3) is 3.70. The molecule has 0 spiro atoms. The molecule has 0 fully saturated rings. The number of aromatic nitrogens is 1. The average molecular weight is 379 g/mol. The lowest BCUT2D eigenvalue weighted by Crippen LogP contribution is -2.27. The Morgan fingerprint density at radius 2 is 1.88 bits per heavy atom. The zero-order valence-corrected chi connectivity index (χ0v) is 14.7. The van der Waals surface area contributed by atoms with E-state index in [9.17, 15) is 13.6 Å². The molecule has 128 valence electrons. The van der Waals surface area contributed by atoms with Crippen LogP contribution in [0.4, 0.5) is 8.78 Å².